The number of carbonyl (C=O) groups is 1. The van der Waals surface area contributed by atoms with Crippen molar-refractivity contribution in [3.63, 3.8) is 0 Å². The van der Waals surface area contributed by atoms with Crippen molar-refractivity contribution in [2.24, 2.45) is 5.73 Å². The Morgan fingerprint density at radius 2 is 1.95 bits per heavy atom. The molecule has 5 nitrogen and oxygen atoms in total. The van der Waals surface area contributed by atoms with Gasteiger partial charge in [-0.3, -0.25) is 4.79 Å². The summed E-state index contributed by atoms with van der Waals surface area (Å²) in [7, 11) is 0. The largest absolute Gasteiger partial charge is 0.508 e. The predicted molar refractivity (Wildman–Crippen MR) is 91.4 cm³/mol. The fourth-order valence-electron chi connectivity index (χ4n) is 2.02. The van der Waals surface area contributed by atoms with Crippen LogP contribution < -0.4 is 10.5 Å². The van der Waals surface area contributed by atoms with Gasteiger partial charge >= 0.3 is 5.97 Å². The van der Waals surface area contributed by atoms with E-state index in [1.807, 2.05) is 19.1 Å². The van der Waals surface area contributed by atoms with Crippen molar-refractivity contribution in [2.45, 2.75) is 19.4 Å². The molecule has 0 aromatic heterocycles. The van der Waals surface area contributed by atoms with Crippen LogP contribution in [-0.2, 0) is 11.2 Å². The lowest BCUT2D eigenvalue weighted by molar-refractivity contribution is -0.138. The first-order valence-corrected chi connectivity index (χ1v) is 7.69. The summed E-state index contributed by atoms with van der Waals surface area (Å²) >= 11 is 2.15. The maximum atomic E-state index is 10.8. The van der Waals surface area contributed by atoms with Crippen LogP contribution in [-0.4, -0.2) is 22.2 Å². The van der Waals surface area contributed by atoms with Crippen LogP contribution in [0.5, 0.6) is 17.2 Å². The van der Waals surface area contributed by atoms with Gasteiger partial charge in [0.25, 0.3) is 0 Å². The third-order valence-electron chi connectivity index (χ3n) is 3.12. The van der Waals surface area contributed by atoms with Crippen LogP contribution in [0.15, 0.2) is 36.4 Å². The Hall–Kier alpha value is -1.80. The van der Waals surface area contributed by atoms with E-state index >= 15 is 0 Å². The van der Waals surface area contributed by atoms with Gasteiger partial charge in [-0.1, -0.05) is 6.07 Å². The lowest BCUT2D eigenvalue weighted by Gasteiger charge is -2.14. The fraction of sp³-hybridized carbons (Fsp3) is 0.188. The first kappa shape index (κ1) is 16.6. The van der Waals surface area contributed by atoms with Gasteiger partial charge in [0.2, 0.25) is 0 Å². The topological polar surface area (TPSA) is 92.8 Å². The first-order valence-electron chi connectivity index (χ1n) is 6.61. The number of benzene rings is 2. The normalized spacial score (nSPS) is 12.0. The second-order valence-corrected chi connectivity index (χ2v) is 6.13. The number of phenolic OH excluding ortho intramolecular Hbond substituents is 1. The van der Waals surface area contributed by atoms with Crippen molar-refractivity contribution in [1.82, 2.24) is 0 Å². The van der Waals surface area contributed by atoms with Crippen molar-refractivity contribution >= 4 is 28.6 Å². The summed E-state index contributed by atoms with van der Waals surface area (Å²) in [6.45, 7) is 1.90. The smallest absolute Gasteiger partial charge is 0.320 e. The summed E-state index contributed by atoms with van der Waals surface area (Å²) in [4.78, 5) is 10.8. The highest BCUT2D eigenvalue weighted by atomic mass is 127. The number of hydrogen-bond donors (Lipinski definition) is 3. The van der Waals surface area contributed by atoms with E-state index < -0.39 is 12.0 Å². The van der Waals surface area contributed by atoms with Crippen LogP contribution in [0.3, 0.4) is 0 Å². The van der Waals surface area contributed by atoms with Gasteiger partial charge in [0.15, 0.2) is 0 Å². The summed E-state index contributed by atoms with van der Waals surface area (Å²) in [6, 6.07) is 9.29. The van der Waals surface area contributed by atoms with E-state index in [-0.39, 0.29) is 12.2 Å². The van der Waals surface area contributed by atoms with Gasteiger partial charge in [0, 0.05) is 0 Å². The zero-order valence-electron chi connectivity index (χ0n) is 11.9. The van der Waals surface area contributed by atoms with E-state index in [0.717, 1.165) is 14.7 Å². The number of ether oxygens (including phenoxy) is 1. The Morgan fingerprint density at radius 1 is 1.32 bits per heavy atom. The van der Waals surface area contributed by atoms with Crippen LogP contribution in [0.1, 0.15) is 11.1 Å². The van der Waals surface area contributed by atoms with Crippen LogP contribution >= 0.6 is 22.6 Å². The van der Waals surface area contributed by atoms with Gasteiger partial charge in [-0.2, -0.15) is 0 Å². The molecule has 2 aromatic rings. The highest BCUT2D eigenvalue weighted by molar-refractivity contribution is 14.1. The Morgan fingerprint density at radius 3 is 2.50 bits per heavy atom. The van der Waals surface area contributed by atoms with E-state index in [1.165, 1.54) is 0 Å². The molecular formula is C16H16INO4. The number of carboxylic acid groups (broad SMARTS) is 1. The third-order valence-corrected chi connectivity index (χ3v) is 3.92. The molecular weight excluding hydrogens is 397 g/mol. The molecule has 0 radical (unpaired) electrons. The Kier molecular flexibility index (Phi) is 5.25. The molecule has 0 heterocycles. The number of phenols is 1. The molecule has 116 valence electrons. The van der Waals surface area contributed by atoms with Crippen molar-refractivity contribution in [3.05, 3.63) is 51.1 Å². The van der Waals surface area contributed by atoms with Gasteiger partial charge in [-0.25, -0.2) is 0 Å². The predicted octanol–water partition coefficient (Wildman–Crippen LogP) is 3.05. The number of aliphatic carboxylic acids is 1. The number of halogens is 1. The summed E-state index contributed by atoms with van der Waals surface area (Å²) in [5.41, 5.74) is 7.32. The van der Waals surface area contributed by atoms with Gasteiger partial charge in [-0.05, 0) is 77.4 Å². The number of aromatic hydroxyl groups is 1. The minimum absolute atomic E-state index is 0.178. The van der Waals surface area contributed by atoms with Crippen molar-refractivity contribution in [3.8, 4) is 17.2 Å². The summed E-state index contributed by atoms with van der Waals surface area (Å²) < 4.78 is 6.71. The maximum absolute atomic E-state index is 10.8. The quantitative estimate of drug-likeness (QED) is 0.656. The molecule has 4 N–H and O–H groups in total. The number of aryl methyl sites for hydroxylation is 1. The number of hydrogen-bond acceptors (Lipinski definition) is 4. The van der Waals surface area contributed by atoms with Crippen LogP contribution in [0.4, 0.5) is 0 Å². The zero-order chi connectivity index (χ0) is 16.3. The molecule has 0 saturated heterocycles. The van der Waals surface area contributed by atoms with E-state index in [9.17, 15) is 9.90 Å². The number of carboxylic acids is 1. The monoisotopic (exact) mass is 413 g/mol. The molecule has 0 saturated carbocycles. The van der Waals surface area contributed by atoms with Gasteiger partial charge < -0.3 is 20.7 Å². The van der Waals surface area contributed by atoms with Gasteiger partial charge in [0.05, 0.1) is 3.57 Å². The molecule has 0 unspecified atom stereocenters. The number of nitrogens with two attached hydrogens (primary N) is 1. The van der Waals surface area contributed by atoms with E-state index in [0.29, 0.717) is 11.5 Å². The van der Waals surface area contributed by atoms with Crippen molar-refractivity contribution in [1.29, 1.82) is 0 Å². The SMILES string of the molecule is Cc1cc(C[C@H](N)C(=O)O)cc(I)c1Oc1ccc(O)cc1. The minimum Gasteiger partial charge on any atom is -0.508 e. The Balaban J connectivity index is 2.23. The van der Waals surface area contributed by atoms with E-state index in [4.69, 9.17) is 15.6 Å². The molecule has 2 rings (SSSR count). The molecule has 1 atom stereocenters. The molecule has 0 aliphatic carbocycles. The summed E-state index contributed by atoms with van der Waals surface area (Å²) in [5, 5.41) is 18.2. The maximum Gasteiger partial charge on any atom is 0.320 e. The summed E-state index contributed by atoms with van der Waals surface area (Å²) in [6.07, 6.45) is 0.270. The second-order valence-electron chi connectivity index (χ2n) is 4.97. The molecule has 6 heteroatoms. The van der Waals surface area contributed by atoms with Gasteiger partial charge in [-0.15, -0.1) is 0 Å². The van der Waals surface area contributed by atoms with Crippen molar-refractivity contribution < 1.29 is 19.7 Å². The average molecular weight is 413 g/mol. The minimum atomic E-state index is -1.02. The standard InChI is InChI=1S/C16H16INO4/c1-9-6-10(8-14(18)16(20)21)7-13(17)15(9)22-12-4-2-11(19)3-5-12/h2-7,14,19H,8,18H2,1H3,(H,20,21)/t14-/m0/s1. The summed E-state index contributed by atoms with van der Waals surface area (Å²) in [5.74, 6) is 0.488. The highest BCUT2D eigenvalue weighted by Gasteiger charge is 2.15. The molecule has 22 heavy (non-hydrogen) atoms. The molecule has 0 amide bonds. The fourth-order valence-corrected chi connectivity index (χ4v) is 2.96. The molecule has 0 aliphatic rings. The lowest BCUT2D eigenvalue weighted by atomic mass is 10.0. The van der Waals surface area contributed by atoms with Crippen LogP contribution in [0, 0.1) is 10.5 Å². The number of rotatable bonds is 5. The molecule has 0 spiro atoms. The zero-order valence-corrected chi connectivity index (χ0v) is 14.1. The molecule has 2 aromatic carbocycles. The second kappa shape index (κ2) is 6.97. The third kappa shape index (κ3) is 4.11. The lowest BCUT2D eigenvalue weighted by Crippen LogP contribution is -2.32. The average Bonchev–Trinajstić information content (AvgIpc) is 2.44. The van der Waals surface area contributed by atoms with E-state index in [1.54, 1.807) is 24.3 Å². The Labute approximate surface area is 141 Å². The molecule has 0 aliphatic heterocycles. The van der Waals surface area contributed by atoms with Crippen LogP contribution in [0.25, 0.3) is 0 Å². The highest BCUT2D eigenvalue weighted by Crippen LogP contribution is 2.32. The molecule has 0 bridgehead atoms. The Bertz CT molecular complexity index is 662. The van der Waals surface area contributed by atoms with E-state index in [2.05, 4.69) is 22.6 Å². The van der Waals surface area contributed by atoms with Gasteiger partial charge in [0.1, 0.15) is 23.3 Å². The first-order chi connectivity index (χ1) is 10.4. The van der Waals surface area contributed by atoms with Crippen LogP contribution in [0.2, 0.25) is 0 Å². The van der Waals surface area contributed by atoms with Crippen molar-refractivity contribution in [2.75, 3.05) is 0 Å². The molecule has 0 fully saturated rings.